The molecule has 4 fully saturated rings. The fourth-order valence-electron chi connectivity index (χ4n) is 10.0. The maximum Gasteiger partial charge on any atom is 0.164 e. The molecule has 4 rings (SSSR count). The van der Waals surface area contributed by atoms with Crippen molar-refractivity contribution in [3.63, 3.8) is 0 Å². The van der Waals surface area contributed by atoms with Gasteiger partial charge in [0.1, 0.15) is 23.4 Å². The van der Waals surface area contributed by atoms with Gasteiger partial charge in [-0.15, -0.1) is 0 Å². The molecular weight excluding hydrogens is 805 g/mol. The van der Waals surface area contributed by atoms with E-state index in [1.807, 2.05) is 69.2 Å². The van der Waals surface area contributed by atoms with Crippen LogP contribution in [0.15, 0.2) is 24.3 Å². The zero-order valence-corrected chi connectivity index (χ0v) is 41.8. The second-order valence-electron chi connectivity index (χ2n) is 21.9. The van der Waals surface area contributed by atoms with Crippen LogP contribution in [0, 0.1) is 34.5 Å². The third kappa shape index (κ3) is 13.3. The molecule has 0 aromatic rings. The van der Waals surface area contributed by atoms with Gasteiger partial charge >= 0.3 is 0 Å². The lowest BCUT2D eigenvalue weighted by Crippen LogP contribution is -2.54. The molecule has 0 bridgehead atoms. The van der Waals surface area contributed by atoms with Gasteiger partial charge in [-0.1, -0.05) is 93.5 Å². The Balaban J connectivity index is 0.000000335. The number of hydrogen-bond acceptors (Lipinski definition) is 12. The van der Waals surface area contributed by atoms with Crippen LogP contribution in [0.5, 0.6) is 0 Å². The highest BCUT2D eigenvalue weighted by atomic mass is 16.5. The van der Waals surface area contributed by atoms with E-state index < -0.39 is 52.6 Å². The van der Waals surface area contributed by atoms with E-state index in [2.05, 4.69) is 27.0 Å². The predicted octanol–water partition coefficient (Wildman–Crippen LogP) is 7.47. The van der Waals surface area contributed by atoms with Gasteiger partial charge < -0.3 is 49.2 Å². The molecule has 4 aliphatic rings. The van der Waals surface area contributed by atoms with Crippen molar-refractivity contribution in [3.8, 4) is 0 Å². The molecule has 0 spiro atoms. The van der Waals surface area contributed by atoms with Crippen molar-refractivity contribution in [1.29, 1.82) is 0 Å². The first-order chi connectivity index (χ1) is 29.0. The molecule has 0 unspecified atom stereocenters. The quantitative estimate of drug-likeness (QED) is 0.0911. The summed E-state index contributed by atoms with van der Waals surface area (Å²) in [7, 11) is 1.70. The number of methoxy groups -OCH3 is 1. The van der Waals surface area contributed by atoms with Crippen molar-refractivity contribution in [1.82, 2.24) is 0 Å². The Morgan fingerprint density at radius 1 is 0.683 bits per heavy atom. The van der Waals surface area contributed by atoms with Crippen LogP contribution < -0.4 is 0 Å². The molecule has 0 aromatic heterocycles. The minimum absolute atomic E-state index is 0.0601. The minimum Gasteiger partial charge on any atom is -0.393 e. The van der Waals surface area contributed by atoms with Crippen molar-refractivity contribution >= 4 is 11.6 Å². The molecule has 63 heavy (non-hydrogen) atoms. The minimum atomic E-state index is -1.25. The van der Waals surface area contributed by atoms with E-state index in [1.165, 1.54) is 0 Å². The zero-order chi connectivity index (χ0) is 48.2. The van der Waals surface area contributed by atoms with Crippen molar-refractivity contribution in [2.45, 2.75) is 246 Å². The first-order valence-corrected chi connectivity index (χ1v) is 24.0. The number of Topliss-reactive ketones (excluding diaryl/α,β-unsaturated/α-hetero) is 2. The third-order valence-corrected chi connectivity index (χ3v) is 16.0. The van der Waals surface area contributed by atoms with Gasteiger partial charge in [-0.3, -0.25) is 9.59 Å². The summed E-state index contributed by atoms with van der Waals surface area (Å²) in [5, 5.41) is 53.6. The molecular formula is C51H90O12. The zero-order valence-electron chi connectivity index (χ0n) is 41.8. The molecule has 12 nitrogen and oxygen atoms in total. The fraction of sp³-hybridized carbons (Fsp3) is 0.882. The molecule has 4 saturated heterocycles. The lowest BCUT2D eigenvalue weighted by molar-refractivity contribution is -0.198. The van der Waals surface area contributed by atoms with Gasteiger partial charge in [0, 0.05) is 81.1 Å². The fourth-order valence-corrected chi connectivity index (χ4v) is 10.0. The van der Waals surface area contributed by atoms with E-state index in [1.54, 1.807) is 21.0 Å². The summed E-state index contributed by atoms with van der Waals surface area (Å²) in [6.45, 7) is 35.6. The SMILES string of the molecule is C=C1C[C@](C)([C@H](O)C(=O)C[C@@H](C)[C@@H]2C[C@@H](O)C(C)(C)[C@@H](C[C@@H](CC)OC)O2)O[C@H](C)[C@@H]1C.C=C1C[C@](C)([C@H](O)C(=O)C[C@@H](C)[C@@H]2C[C@@H](O)C(C)(C)[C@@H](C[C@H](O)CC)O2)O[C@H](C)[C@@H]1C. The number of rotatable bonds is 17. The summed E-state index contributed by atoms with van der Waals surface area (Å²) in [6.07, 6.45) is -0.552. The molecule has 0 saturated carbocycles. The summed E-state index contributed by atoms with van der Waals surface area (Å²) in [5.41, 5.74) is -0.848. The maximum atomic E-state index is 13.1. The van der Waals surface area contributed by atoms with Gasteiger partial charge in [0.2, 0.25) is 0 Å². The van der Waals surface area contributed by atoms with Crippen molar-refractivity contribution in [2.75, 3.05) is 7.11 Å². The Bertz CT molecular complexity index is 1520. The standard InChI is InChI=1S/C26H46O6.C25H44O6/c1-10-19(30-9)12-23-25(6,7)22(28)13-21(31-23)15(2)11-20(27)24(29)26(8)14-16(3)17(4)18(5)32-26;1-9-18(26)11-22-24(6,7)21(28)12-20(30-22)14(2)10-19(27)23(29)25(8)13-15(3)16(4)17(5)31-25/h15,17-19,21-24,28-29H,3,10-14H2,1-2,4-9H3;14,16-18,20-23,26,28-29H,3,9-13H2,1-2,4-8H3/t15-,17-,18-,19-,21+,22-,23-,24-,26-;14-,16-,17-,18-,20+,21-,22-,23-,25-/m11/s1. The summed E-state index contributed by atoms with van der Waals surface area (Å²) in [6, 6.07) is 0. The van der Waals surface area contributed by atoms with E-state index in [4.69, 9.17) is 23.7 Å². The molecule has 5 N–H and O–H groups in total. The smallest absolute Gasteiger partial charge is 0.164 e. The van der Waals surface area contributed by atoms with E-state index in [0.717, 1.165) is 17.6 Å². The maximum absolute atomic E-state index is 13.1. The number of ketones is 2. The molecule has 366 valence electrons. The molecule has 0 amide bonds. The summed E-state index contributed by atoms with van der Waals surface area (Å²) >= 11 is 0. The summed E-state index contributed by atoms with van der Waals surface area (Å²) in [4.78, 5) is 26.1. The van der Waals surface area contributed by atoms with Crippen molar-refractivity contribution < 1.29 is 58.8 Å². The van der Waals surface area contributed by atoms with Gasteiger partial charge in [-0.05, 0) is 52.4 Å². The molecule has 12 heteroatoms. The van der Waals surface area contributed by atoms with Crippen LogP contribution in [-0.2, 0) is 33.3 Å². The molecule has 0 radical (unpaired) electrons. The monoisotopic (exact) mass is 895 g/mol. The number of carbonyl (C=O) groups is 2. The Morgan fingerprint density at radius 2 is 1.05 bits per heavy atom. The second-order valence-corrected chi connectivity index (χ2v) is 21.9. The Morgan fingerprint density at radius 3 is 1.37 bits per heavy atom. The molecule has 18 atom stereocenters. The predicted molar refractivity (Wildman–Crippen MR) is 246 cm³/mol. The lowest BCUT2D eigenvalue weighted by atomic mass is 9.72. The summed E-state index contributed by atoms with van der Waals surface area (Å²) in [5.74, 6) is -0.471. The van der Waals surface area contributed by atoms with Crippen LogP contribution in [0.25, 0.3) is 0 Å². The van der Waals surface area contributed by atoms with Gasteiger partial charge in [-0.2, -0.15) is 0 Å². The largest absolute Gasteiger partial charge is 0.393 e. The summed E-state index contributed by atoms with van der Waals surface area (Å²) < 4.78 is 30.4. The van der Waals surface area contributed by atoms with Crippen LogP contribution in [0.1, 0.15) is 161 Å². The van der Waals surface area contributed by atoms with Crippen molar-refractivity contribution in [3.05, 3.63) is 24.3 Å². The van der Waals surface area contributed by atoms with Gasteiger partial charge in [-0.25, -0.2) is 0 Å². The highest BCUT2D eigenvalue weighted by Gasteiger charge is 2.50. The average Bonchev–Trinajstić information content (AvgIpc) is 3.20. The molecule has 4 heterocycles. The number of aliphatic hydroxyl groups excluding tert-OH is 5. The van der Waals surface area contributed by atoms with Crippen LogP contribution in [0.3, 0.4) is 0 Å². The topological polar surface area (TPSA) is 181 Å². The van der Waals surface area contributed by atoms with E-state index in [0.29, 0.717) is 44.9 Å². The van der Waals surface area contributed by atoms with E-state index in [9.17, 15) is 35.1 Å². The average molecular weight is 895 g/mol. The number of carbonyl (C=O) groups excluding carboxylic acids is 2. The van der Waals surface area contributed by atoms with Gasteiger partial charge in [0.05, 0.1) is 61.0 Å². The van der Waals surface area contributed by atoms with Crippen LogP contribution in [0.4, 0.5) is 0 Å². The highest BCUT2D eigenvalue weighted by molar-refractivity contribution is 5.85. The first kappa shape index (κ1) is 55.7. The third-order valence-electron chi connectivity index (χ3n) is 16.0. The van der Waals surface area contributed by atoms with Gasteiger partial charge in [0.25, 0.3) is 0 Å². The van der Waals surface area contributed by atoms with Crippen LogP contribution in [0.2, 0.25) is 0 Å². The molecule has 0 aromatic carbocycles. The van der Waals surface area contributed by atoms with E-state index >= 15 is 0 Å². The number of hydrogen-bond donors (Lipinski definition) is 5. The normalized spacial score (nSPS) is 38.6. The highest BCUT2D eigenvalue weighted by Crippen LogP contribution is 2.44. The Kier molecular flexibility index (Phi) is 19.9. The lowest BCUT2D eigenvalue weighted by Gasteiger charge is -2.48. The Labute approximate surface area is 380 Å². The molecule has 0 aliphatic carbocycles. The van der Waals surface area contributed by atoms with Crippen LogP contribution >= 0.6 is 0 Å². The van der Waals surface area contributed by atoms with E-state index in [-0.39, 0.29) is 90.8 Å². The number of aliphatic hydroxyl groups is 5. The molecule has 4 aliphatic heterocycles. The first-order valence-electron chi connectivity index (χ1n) is 24.0. The van der Waals surface area contributed by atoms with Gasteiger partial charge in [0.15, 0.2) is 11.6 Å². The second kappa shape index (κ2) is 22.5. The van der Waals surface area contributed by atoms with Crippen LogP contribution in [-0.4, -0.2) is 129 Å². The number of ether oxygens (including phenoxy) is 5. The van der Waals surface area contributed by atoms with Crippen molar-refractivity contribution in [2.24, 2.45) is 34.5 Å². The Hall–Kier alpha value is -1.58.